The molecular weight excluding hydrogens is 228 g/mol. The van der Waals surface area contributed by atoms with E-state index in [-0.39, 0.29) is 11.4 Å². The third kappa shape index (κ3) is 2.21. The lowest BCUT2D eigenvalue weighted by atomic mass is 10.0. The van der Waals surface area contributed by atoms with E-state index in [0.717, 1.165) is 25.0 Å². The quantitative estimate of drug-likeness (QED) is 0.856. The van der Waals surface area contributed by atoms with Crippen LogP contribution >= 0.6 is 0 Å². The second-order valence-corrected chi connectivity index (χ2v) is 5.41. The number of rotatable bonds is 3. The summed E-state index contributed by atoms with van der Waals surface area (Å²) in [5, 5.41) is 7.39. The number of hydrogen-bond acceptors (Lipinski definition) is 3. The molecule has 3 N–H and O–H groups in total. The molecule has 0 radical (unpaired) electrons. The van der Waals surface area contributed by atoms with Crippen LogP contribution < -0.4 is 11.1 Å². The van der Waals surface area contributed by atoms with Gasteiger partial charge in [0.2, 0.25) is 0 Å². The van der Waals surface area contributed by atoms with Crippen molar-refractivity contribution in [1.82, 2.24) is 15.1 Å². The van der Waals surface area contributed by atoms with E-state index in [9.17, 15) is 4.79 Å². The molecule has 1 amide bonds. The molecule has 18 heavy (non-hydrogen) atoms. The summed E-state index contributed by atoms with van der Waals surface area (Å²) in [7, 11) is 1.77. The highest BCUT2D eigenvalue weighted by molar-refractivity contribution is 5.98. The van der Waals surface area contributed by atoms with E-state index in [2.05, 4.69) is 17.3 Å². The molecule has 0 aromatic carbocycles. The van der Waals surface area contributed by atoms with Crippen LogP contribution in [0.25, 0.3) is 0 Å². The summed E-state index contributed by atoms with van der Waals surface area (Å²) in [6.07, 6.45) is 5.17. The molecule has 1 aromatic rings. The van der Waals surface area contributed by atoms with Crippen molar-refractivity contribution in [3.8, 4) is 0 Å². The molecule has 100 valence electrons. The lowest BCUT2D eigenvalue weighted by molar-refractivity contribution is 0.0899. The third-order valence-electron chi connectivity index (χ3n) is 3.83. The van der Waals surface area contributed by atoms with E-state index >= 15 is 0 Å². The number of aryl methyl sites for hydroxylation is 2. The van der Waals surface area contributed by atoms with Crippen LogP contribution in [0.5, 0.6) is 0 Å². The highest BCUT2D eigenvalue weighted by atomic mass is 16.2. The normalized spacial score (nSPS) is 17.9. The van der Waals surface area contributed by atoms with E-state index in [1.54, 1.807) is 11.7 Å². The Morgan fingerprint density at radius 1 is 1.50 bits per heavy atom. The fourth-order valence-corrected chi connectivity index (χ4v) is 2.74. The third-order valence-corrected chi connectivity index (χ3v) is 3.83. The van der Waals surface area contributed by atoms with Crippen LogP contribution in [-0.2, 0) is 13.5 Å². The standard InChI is InChI=1S/C13H22N4O/c1-4-9-10(14)11(17(3)16-9)12(18)15-13(2)7-5-6-8-13/h4-8,14H2,1-3H3,(H,15,18). The molecule has 0 unspecified atom stereocenters. The summed E-state index contributed by atoms with van der Waals surface area (Å²) in [4.78, 5) is 12.3. The average Bonchev–Trinajstić information content (AvgIpc) is 2.83. The fourth-order valence-electron chi connectivity index (χ4n) is 2.74. The van der Waals surface area contributed by atoms with Gasteiger partial charge in [0.25, 0.3) is 5.91 Å². The number of aromatic nitrogens is 2. The van der Waals surface area contributed by atoms with Gasteiger partial charge in [0.05, 0.1) is 11.4 Å². The minimum absolute atomic E-state index is 0.0832. The smallest absolute Gasteiger partial charge is 0.272 e. The number of amides is 1. The molecule has 5 heteroatoms. The number of anilines is 1. The Balaban J connectivity index is 2.21. The highest BCUT2D eigenvalue weighted by Gasteiger charge is 2.32. The van der Waals surface area contributed by atoms with E-state index in [0.29, 0.717) is 11.4 Å². The van der Waals surface area contributed by atoms with Gasteiger partial charge in [0.15, 0.2) is 0 Å². The molecule has 2 rings (SSSR count). The maximum atomic E-state index is 12.3. The Labute approximate surface area is 108 Å². The maximum Gasteiger partial charge on any atom is 0.272 e. The SMILES string of the molecule is CCc1nn(C)c(C(=O)NC2(C)CCCC2)c1N. The molecule has 0 bridgehead atoms. The van der Waals surface area contributed by atoms with Crippen LogP contribution in [0.1, 0.15) is 55.7 Å². The predicted octanol–water partition coefficient (Wildman–Crippen LogP) is 1.63. The summed E-state index contributed by atoms with van der Waals surface area (Å²) in [6.45, 7) is 4.09. The van der Waals surface area contributed by atoms with Crippen LogP contribution in [0, 0.1) is 0 Å². The zero-order chi connectivity index (χ0) is 13.3. The molecule has 0 spiro atoms. The van der Waals surface area contributed by atoms with Gasteiger partial charge in [0.1, 0.15) is 5.69 Å². The van der Waals surface area contributed by atoms with Crippen molar-refractivity contribution in [2.75, 3.05) is 5.73 Å². The summed E-state index contributed by atoms with van der Waals surface area (Å²) in [5.41, 5.74) is 7.70. The lowest BCUT2D eigenvalue weighted by Gasteiger charge is -2.25. The van der Waals surface area contributed by atoms with Gasteiger partial charge >= 0.3 is 0 Å². The molecule has 0 aliphatic heterocycles. The maximum absolute atomic E-state index is 12.3. The molecule has 1 aliphatic carbocycles. The fraction of sp³-hybridized carbons (Fsp3) is 0.692. The number of nitrogen functional groups attached to an aromatic ring is 1. The van der Waals surface area contributed by atoms with E-state index < -0.39 is 0 Å². The van der Waals surface area contributed by atoms with E-state index in [1.807, 2.05) is 6.92 Å². The molecule has 0 atom stereocenters. The minimum Gasteiger partial charge on any atom is -0.395 e. The van der Waals surface area contributed by atoms with Crippen molar-refractivity contribution in [1.29, 1.82) is 0 Å². The largest absolute Gasteiger partial charge is 0.395 e. The summed E-state index contributed by atoms with van der Waals surface area (Å²) < 4.78 is 1.59. The minimum atomic E-state index is -0.105. The molecule has 1 saturated carbocycles. The van der Waals surface area contributed by atoms with Crippen LogP contribution in [0.4, 0.5) is 5.69 Å². The monoisotopic (exact) mass is 250 g/mol. The van der Waals surface area contributed by atoms with Crippen molar-refractivity contribution in [2.45, 2.75) is 51.5 Å². The van der Waals surface area contributed by atoms with Crippen LogP contribution in [0.3, 0.4) is 0 Å². The van der Waals surface area contributed by atoms with Gasteiger partial charge in [-0.05, 0) is 26.2 Å². The van der Waals surface area contributed by atoms with Gasteiger partial charge in [-0.1, -0.05) is 19.8 Å². The molecule has 0 saturated heterocycles. The molecule has 1 fully saturated rings. The summed E-state index contributed by atoms with van der Waals surface area (Å²) in [5.74, 6) is -0.105. The Kier molecular flexibility index (Phi) is 3.32. The Morgan fingerprint density at radius 3 is 2.61 bits per heavy atom. The zero-order valence-corrected chi connectivity index (χ0v) is 11.4. The van der Waals surface area contributed by atoms with Crippen molar-refractivity contribution >= 4 is 11.6 Å². The number of nitrogens with two attached hydrogens (primary N) is 1. The van der Waals surface area contributed by atoms with Crippen molar-refractivity contribution in [2.24, 2.45) is 7.05 Å². The first kappa shape index (κ1) is 12.9. The molecule has 1 heterocycles. The van der Waals surface area contributed by atoms with Crippen molar-refractivity contribution in [3.63, 3.8) is 0 Å². The van der Waals surface area contributed by atoms with Gasteiger partial charge < -0.3 is 11.1 Å². The summed E-state index contributed by atoms with van der Waals surface area (Å²) >= 11 is 0. The second kappa shape index (κ2) is 4.63. The van der Waals surface area contributed by atoms with E-state index in [1.165, 1.54) is 12.8 Å². The van der Waals surface area contributed by atoms with Gasteiger partial charge in [-0.25, -0.2) is 0 Å². The summed E-state index contributed by atoms with van der Waals surface area (Å²) in [6, 6.07) is 0. The Bertz CT molecular complexity index is 458. The van der Waals surface area contributed by atoms with Gasteiger partial charge in [-0.15, -0.1) is 0 Å². The molecule has 1 aliphatic rings. The number of nitrogens with zero attached hydrogens (tertiary/aromatic N) is 2. The van der Waals surface area contributed by atoms with Gasteiger partial charge in [-0.3, -0.25) is 9.48 Å². The Morgan fingerprint density at radius 2 is 2.11 bits per heavy atom. The van der Waals surface area contributed by atoms with E-state index in [4.69, 9.17) is 5.73 Å². The van der Waals surface area contributed by atoms with Gasteiger partial charge in [0, 0.05) is 12.6 Å². The average molecular weight is 250 g/mol. The topological polar surface area (TPSA) is 72.9 Å². The number of hydrogen-bond donors (Lipinski definition) is 2. The first-order valence-corrected chi connectivity index (χ1v) is 6.60. The van der Waals surface area contributed by atoms with Crippen molar-refractivity contribution < 1.29 is 4.79 Å². The van der Waals surface area contributed by atoms with Crippen LogP contribution in [0.2, 0.25) is 0 Å². The number of carbonyl (C=O) groups excluding carboxylic acids is 1. The molecule has 5 nitrogen and oxygen atoms in total. The highest BCUT2D eigenvalue weighted by Crippen LogP contribution is 2.29. The van der Waals surface area contributed by atoms with Crippen LogP contribution in [0.15, 0.2) is 0 Å². The first-order chi connectivity index (χ1) is 8.47. The second-order valence-electron chi connectivity index (χ2n) is 5.41. The number of carbonyl (C=O) groups is 1. The predicted molar refractivity (Wildman–Crippen MR) is 71.3 cm³/mol. The molecular formula is C13H22N4O. The number of nitrogens with one attached hydrogen (secondary N) is 1. The van der Waals surface area contributed by atoms with Gasteiger partial charge in [-0.2, -0.15) is 5.10 Å². The van der Waals surface area contributed by atoms with Crippen LogP contribution in [-0.4, -0.2) is 21.2 Å². The van der Waals surface area contributed by atoms with Crippen molar-refractivity contribution in [3.05, 3.63) is 11.4 Å². The molecule has 1 aromatic heterocycles. The zero-order valence-electron chi connectivity index (χ0n) is 11.4. The first-order valence-electron chi connectivity index (χ1n) is 6.60. The Hall–Kier alpha value is -1.52. The lowest BCUT2D eigenvalue weighted by Crippen LogP contribution is -2.44.